The molecular formula is C22H30FIN4O. The highest BCUT2D eigenvalue weighted by molar-refractivity contribution is 14.0. The van der Waals surface area contributed by atoms with Gasteiger partial charge in [-0.05, 0) is 56.2 Å². The van der Waals surface area contributed by atoms with E-state index < -0.39 is 0 Å². The van der Waals surface area contributed by atoms with E-state index in [9.17, 15) is 9.18 Å². The Kier molecular flexibility index (Phi) is 11.3. The molecule has 0 aliphatic carbocycles. The van der Waals surface area contributed by atoms with Gasteiger partial charge in [0, 0.05) is 31.7 Å². The molecule has 7 heteroatoms. The molecule has 2 aromatic carbocycles. The number of hydrogen-bond acceptors (Lipinski definition) is 2. The second kappa shape index (κ2) is 13.1. The van der Waals surface area contributed by atoms with Crippen molar-refractivity contribution in [1.82, 2.24) is 15.5 Å². The van der Waals surface area contributed by atoms with Crippen molar-refractivity contribution in [2.75, 3.05) is 19.6 Å². The number of rotatable bonds is 8. The fourth-order valence-electron chi connectivity index (χ4n) is 2.79. The van der Waals surface area contributed by atoms with Gasteiger partial charge in [-0.25, -0.2) is 9.38 Å². The molecule has 2 rings (SSSR count). The number of nitrogens with zero attached hydrogens (tertiary/aromatic N) is 2. The Labute approximate surface area is 189 Å². The summed E-state index contributed by atoms with van der Waals surface area (Å²) in [5.74, 6) is 0.453. The lowest BCUT2D eigenvalue weighted by molar-refractivity contribution is 0.0773. The third kappa shape index (κ3) is 8.00. The van der Waals surface area contributed by atoms with Crippen molar-refractivity contribution in [1.29, 1.82) is 0 Å². The van der Waals surface area contributed by atoms with Crippen LogP contribution >= 0.6 is 24.0 Å². The molecule has 5 nitrogen and oxygen atoms in total. The third-order valence-corrected chi connectivity index (χ3v) is 4.36. The largest absolute Gasteiger partial charge is 0.357 e. The molecule has 0 atom stereocenters. The van der Waals surface area contributed by atoms with E-state index >= 15 is 0 Å². The lowest BCUT2D eigenvalue weighted by Crippen LogP contribution is -2.36. The van der Waals surface area contributed by atoms with Crippen molar-refractivity contribution in [3.8, 4) is 0 Å². The Bertz CT molecular complexity index is 792. The second-order valence-electron chi connectivity index (χ2n) is 6.35. The van der Waals surface area contributed by atoms with Gasteiger partial charge >= 0.3 is 0 Å². The molecule has 0 aromatic heterocycles. The van der Waals surface area contributed by atoms with Crippen LogP contribution in [0, 0.1) is 5.82 Å². The first-order valence-corrected chi connectivity index (χ1v) is 9.72. The van der Waals surface area contributed by atoms with E-state index in [-0.39, 0.29) is 35.7 Å². The first-order valence-electron chi connectivity index (χ1n) is 9.72. The van der Waals surface area contributed by atoms with Crippen LogP contribution in [-0.2, 0) is 13.1 Å². The Morgan fingerprint density at radius 2 is 1.69 bits per heavy atom. The quantitative estimate of drug-likeness (QED) is 0.317. The lowest BCUT2D eigenvalue weighted by Gasteiger charge is -2.18. The molecule has 0 saturated heterocycles. The standard InChI is InChI=1S/C22H29FN4O.HI/c1-4-24-22(26-16-18-8-7-9-20(23)14-18)25-15-17-10-12-19(13-11-17)21(28)27(5-2)6-3;/h7-14H,4-6,15-16H2,1-3H3,(H2,24,25,26);1H. The molecule has 2 N–H and O–H groups in total. The summed E-state index contributed by atoms with van der Waals surface area (Å²) in [6, 6.07) is 14.0. The summed E-state index contributed by atoms with van der Waals surface area (Å²) < 4.78 is 13.3. The van der Waals surface area contributed by atoms with Gasteiger partial charge in [0.1, 0.15) is 5.82 Å². The van der Waals surface area contributed by atoms with Gasteiger partial charge in [0.05, 0.1) is 6.54 Å². The van der Waals surface area contributed by atoms with Gasteiger partial charge in [0.15, 0.2) is 5.96 Å². The topological polar surface area (TPSA) is 56.7 Å². The van der Waals surface area contributed by atoms with E-state index in [1.165, 1.54) is 12.1 Å². The van der Waals surface area contributed by atoms with Crippen LogP contribution in [0.1, 0.15) is 42.3 Å². The first-order chi connectivity index (χ1) is 13.6. The molecular weight excluding hydrogens is 482 g/mol. The normalized spacial score (nSPS) is 10.8. The summed E-state index contributed by atoms with van der Waals surface area (Å²) in [5.41, 5.74) is 2.56. The van der Waals surface area contributed by atoms with Gasteiger partial charge in [-0.15, -0.1) is 24.0 Å². The maximum atomic E-state index is 13.3. The van der Waals surface area contributed by atoms with Crippen molar-refractivity contribution in [2.24, 2.45) is 4.99 Å². The van der Waals surface area contributed by atoms with Crippen LogP contribution in [-0.4, -0.2) is 36.4 Å². The van der Waals surface area contributed by atoms with Crippen LogP contribution in [0.15, 0.2) is 53.5 Å². The van der Waals surface area contributed by atoms with Crippen LogP contribution in [0.5, 0.6) is 0 Å². The van der Waals surface area contributed by atoms with Gasteiger partial charge in [0.25, 0.3) is 5.91 Å². The van der Waals surface area contributed by atoms with E-state index in [4.69, 9.17) is 0 Å². The maximum absolute atomic E-state index is 13.3. The number of benzene rings is 2. The van der Waals surface area contributed by atoms with E-state index in [2.05, 4.69) is 15.6 Å². The van der Waals surface area contributed by atoms with Crippen LogP contribution in [0.25, 0.3) is 0 Å². The molecule has 0 aliphatic rings. The zero-order valence-electron chi connectivity index (χ0n) is 17.2. The molecule has 0 aliphatic heterocycles. The molecule has 0 bridgehead atoms. The highest BCUT2D eigenvalue weighted by Gasteiger charge is 2.11. The Morgan fingerprint density at radius 1 is 1.00 bits per heavy atom. The molecule has 1 amide bonds. The highest BCUT2D eigenvalue weighted by atomic mass is 127. The van der Waals surface area contributed by atoms with Crippen molar-refractivity contribution < 1.29 is 9.18 Å². The SMILES string of the molecule is CCNC(=NCc1cccc(F)c1)NCc1ccc(C(=O)N(CC)CC)cc1.I. The number of carbonyl (C=O) groups excluding carboxylic acids is 1. The summed E-state index contributed by atoms with van der Waals surface area (Å²) in [6.07, 6.45) is 0. The minimum Gasteiger partial charge on any atom is -0.357 e. The van der Waals surface area contributed by atoms with Gasteiger partial charge in [0.2, 0.25) is 0 Å². The number of aliphatic imine (C=N–C) groups is 1. The van der Waals surface area contributed by atoms with Crippen molar-refractivity contribution in [2.45, 2.75) is 33.9 Å². The zero-order chi connectivity index (χ0) is 20.4. The average molecular weight is 512 g/mol. The zero-order valence-corrected chi connectivity index (χ0v) is 19.6. The second-order valence-corrected chi connectivity index (χ2v) is 6.35. The number of amides is 1. The van der Waals surface area contributed by atoms with Gasteiger partial charge in [-0.2, -0.15) is 0 Å². The fourth-order valence-corrected chi connectivity index (χ4v) is 2.79. The number of halogens is 2. The van der Waals surface area contributed by atoms with Crippen LogP contribution in [0.4, 0.5) is 4.39 Å². The van der Waals surface area contributed by atoms with E-state index in [0.29, 0.717) is 37.7 Å². The highest BCUT2D eigenvalue weighted by Crippen LogP contribution is 2.08. The number of carbonyl (C=O) groups is 1. The maximum Gasteiger partial charge on any atom is 0.253 e. The third-order valence-electron chi connectivity index (χ3n) is 4.36. The molecule has 29 heavy (non-hydrogen) atoms. The molecule has 0 heterocycles. The first kappa shape index (κ1) is 24.9. The lowest BCUT2D eigenvalue weighted by atomic mass is 10.1. The predicted molar refractivity (Wildman–Crippen MR) is 127 cm³/mol. The average Bonchev–Trinajstić information content (AvgIpc) is 2.71. The summed E-state index contributed by atoms with van der Waals surface area (Å²) in [5, 5.41) is 6.45. The van der Waals surface area contributed by atoms with Crippen LogP contribution in [0.2, 0.25) is 0 Å². The Balaban J connectivity index is 0.00000420. The van der Waals surface area contributed by atoms with Crippen LogP contribution < -0.4 is 10.6 Å². The van der Waals surface area contributed by atoms with Gasteiger partial charge < -0.3 is 15.5 Å². The summed E-state index contributed by atoms with van der Waals surface area (Å²) in [7, 11) is 0. The monoisotopic (exact) mass is 512 g/mol. The molecule has 0 fully saturated rings. The van der Waals surface area contributed by atoms with E-state index in [1.54, 1.807) is 11.0 Å². The smallest absolute Gasteiger partial charge is 0.253 e. The summed E-state index contributed by atoms with van der Waals surface area (Å²) in [4.78, 5) is 18.7. The minimum absolute atomic E-state index is 0. The van der Waals surface area contributed by atoms with Gasteiger partial charge in [-0.1, -0.05) is 24.3 Å². The molecule has 0 spiro atoms. The van der Waals surface area contributed by atoms with Crippen molar-refractivity contribution in [3.05, 3.63) is 71.0 Å². The Hall–Kier alpha value is -2.16. The minimum atomic E-state index is -0.259. The Morgan fingerprint density at radius 3 is 2.28 bits per heavy atom. The van der Waals surface area contributed by atoms with Gasteiger partial charge in [-0.3, -0.25) is 4.79 Å². The van der Waals surface area contributed by atoms with Crippen molar-refractivity contribution >= 4 is 35.8 Å². The van der Waals surface area contributed by atoms with E-state index in [1.807, 2.05) is 51.1 Å². The van der Waals surface area contributed by atoms with Crippen LogP contribution in [0.3, 0.4) is 0 Å². The number of nitrogens with one attached hydrogen (secondary N) is 2. The predicted octanol–water partition coefficient (Wildman–Crippen LogP) is 4.18. The molecule has 158 valence electrons. The molecule has 0 radical (unpaired) electrons. The number of guanidine groups is 1. The van der Waals surface area contributed by atoms with Crippen molar-refractivity contribution in [3.63, 3.8) is 0 Å². The fraction of sp³-hybridized carbons (Fsp3) is 0.364. The summed E-state index contributed by atoms with van der Waals surface area (Å²) >= 11 is 0. The van der Waals surface area contributed by atoms with E-state index in [0.717, 1.165) is 17.7 Å². The molecule has 2 aromatic rings. The molecule has 0 unspecified atom stereocenters. The summed E-state index contributed by atoms with van der Waals surface area (Å²) in [6.45, 7) is 9.05. The molecule has 0 saturated carbocycles. The number of hydrogen-bond donors (Lipinski definition) is 2.